The largest absolute Gasteiger partial charge is 0.493 e. The third-order valence-electron chi connectivity index (χ3n) is 5.11. The molecule has 0 fully saturated rings. The molecule has 3 aromatic carbocycles. The molecule has 0 aliphatic carbocycles. The maximum atomic E-state index is 13.1. The lowest BCUT2D eigenvalue weighted by Crippen LogP contribution is -2.14. The van der Waals surface area contributed by atoms with Crippen molar-refractivity contribution >= 4 is 45.0 Å². The summed E-state index contributed by atoms with van der Waals surface area (Å²) in [7, 11) is 0.157. The molecule has 13 heteroatoms. The van der Waals surface area contributed by atoms with Gasteiger partial charge in [-0.1, -0.05) is 11.6 Å². The number of alkyl halides is 3. The number of nitrogens with one attached hydrogen (secondary N) is 2. The van der Waals surface area contributed by atoms with Crippen LogP contribution in [0.1, 0.15) is 11.1 Å². The molecule has 3 aromatic rings. The van der Waals surface area contributed by atoms with Crippen LogP contribution < -0.4 is 24.2 Å². The average molecular weight is 571 g/mol. The van der Waals surface area contributed by atoms with Gasteiger partial charge in [0.15, 0.2) is 11.5 Å². The fraction of sp³-hybridized carbons (Fsp3) is 0.160. The molecular formula is C25H22ClF3N2O6S. The normalized spacial score (nSPS) is 11.8. The van der Waals surface area contributed by atoms with Crippen LogP contribution in [0.3, 0.4) is 0 Å². The number of sulfonamides is 1. The number of rotatable bonds is 9. The molecule has 0 aliphatic heterocycles. The predicted octanol–water partition coefficient (Wildman–Crippen LogP) is 5.84. The van der Waals surface area contributed by atoms with E-state index in [1.54, 1.807) is 12.1 Å². The van der Waals surface area contributed by atoms with Crippen LogP contribution in [0, 0.1) is 0 Å². The zero-order chi connectivity index (χ0) is 28.1. The summed E-state index contributed by atoms with van der Waals surface area (Å²) in [5.41, 5.74) is -0.654. The summed E-state index contributed by atoms with van der Waals surface area (Å²) in [5.74, 6) is 0.654. The van der Waals surface area contributed by atoms with Crippen LogP contribution in [0.4, 0.5) is 24.5 Å². The maximum Gasteiger partial charge on any atom is 0.417 e. The molecule has 0 radical (unpaired) electrons. The van der Waals surface area contributed by atoms with Gasteiger partial charge in [0.25, 0.3) is 10.0 Å². The summed E-state index contributed by atoms with van der Waals surface area (Å²) in [4.78, 5) is 12.2. The topological polar surface area (TPSA) is 103 Å². The number of carbonyl (C=O) groups excluding carboxylic acids is 1. The van der Waals surface area contributed by atoms with Crippen LogP contribution in [-0.2, 0) is 21.0 Å². The summed E-state index contributed by atoms with van der Waals surface area (Å²) in [6.45, 7) is 0. The SMILES string of the molecule is COc1ccc(C=CC(=O)Nc2ccc(S(=O)(=O)Nc3ccc(Cl)c(C(F)(F)F)c3)cc2)c(OC)c1OC. The van der Waals surface area contributed by atoms with Gasteiger partial charge in [0.05, 0.1) is 36.8 Å². The Morgan fingerprint density at radius 3 is 2.11 bits per heavy atom. The van der Waals surface area contributed by atoms with E-state index in [0.29, 0.717) is 28.9 Å². The molecular weight excluding hydrogens is 549 g/mol. The van der Waals surface area contributed by atoms with E-state index in [-0.39, 0.29) is 16.3 Å². The first-order valence-corrected chi connectivity index (χ1v) is 12.5. The van der Waals surface area contributed by atoms with E-state index in [1.807, 2.05) is 0 Å². The quantitative estimate of drug-likeness (QED) is 0.314. The van der Waals surface area contributed by atoms with Crippen molar-refractivity contribution in [3.05, 3.63) is 76.8 Å². The molecule has 0 saturated carbocycles. The number of hydrogen-bond donors (Lipinski definition) is 2. The minimum absolute atomic E-state index is 0.232. The fourth-order valence-corrected chi connectivity index (χ4v) is 4.62. The van der Waals surface area contributed by atoms with Gasteiger partial charge in [0, 0.05) is 23.0 Å². The highest BCUT2D eigenvalue weighted by Gasteiger charge is 2.33. The first kappa shape index (κ1) is 28.7. The van der Waals surface area contributed by atoms with E-state index < -0.39 is 32.7 Å². The number of amides is 1. The van der Waals surface area contributed by atoms with E-state index in [9.17, 15) is 26.4 Å². The van der Waals surface area contributed by atoms with E-state index in [1.165, 1.54) is 57.7 Å². The second-order valence-electron chi connectivity index (χ2n) is 7.57. The van der Waals surface area contributed by atoms with Gasteiger partial charge in [0.2, 0.25) is 11.7 Å². The average Bonchev–Trinajstić information content (AvgIpc) is 2.87. The molecule has 0 aromatic heterocycles. The lowest BCUT2D eigenvalue weighted by atomic mass is 10.1. The minimum atomic E-state index is -4.75. The Kier molecular flexibility index (Phi) is 8.79. The maximum absolute atomic E-state index is 13.1. The molecule has 202 valence electrons. The molecule has 0 heterocycles. The van der Waals surface area contributed by atoms with Crippen molar-refractivity contribution in [3.63, 3.8) is 0 Å². The lowest BCUT2D eigenvalue weighted by molar-refractivity contribution is -0.137. The molecule has 0 aliphatic rings. The minimum Gasteiger partial charge on any atom is -0.493 e. The van der Waals surface area contributed by atoms with Crippen LogP contribution in [0.25, 0.3) is 6.08 Å². The van der Waals surface area contributed by atoms with Crippen molar-refractivity contribution in [1.29, 1.82) is 0 Å². The van der Waals surface area contributed by atoms with Crippen molar-refractivity contribution in [1.82, 2.24) is 0 Å². The Labute approximate surface area is 222 Å². The summed E-state index contributed by atoms with van der Waals surface area (Å²) in [6, 6.07) is 11.1. The van der Waals surface area contributed by atoms with E-state index >= 15 is 0 Å². The highest BCUT2D eigenvalue weighted by Crippen LogP contribution is 2.40. The molecule has 0 spiro atoms. The molecule has 0 saturated heterocycles. The third kappa shape index (κ3) is 6.69. The van der Waals surface area contributed by atoms with Gasteiger partial charge in [-0.25, -0.2) is 8.42 Å². The van der Waals surface area contributed by atoms with Crippen molar-refractivity contribution in [3.8, 4) is 17.2 Å². The fourth-order valence-electron chi connectivity index (χ4n) is 3.34. The summed E-state index contributed by atoms with van der Waals surface area (Å²) >= 11 is 5.57. The molecule has 0 atom stereocenters. The molecule has 1 amide bonds. The molecule has 3 rings (SSSR count). The van der Waals surface area contributed by atoms with Gasteiger partial charge in [-0.15, -0.1) is 0 Å². The number of benzene rings is 3. The lowest BCUT2D eigenvalue weighted by Gasteiger charge is -2.14. The van der Waals surface area contributed by atoms with Gasteiger partial charge in [-0.3, -0.25) is 9.52 Å². The van der Waals surface area contributed by atoms with Crippen LogP contribution in [-0.4, -0.2) is 35.7 Å². The van der Waals surface area contributed by atoms with Crippen molar-refractivity contribution in [2.45, 2.75) is 11.1 Å². The Morgan fingerprint density at radius 2 is 1.53 bits per heavy atom. The highest BCUT2D eigenvalue weighted by atomic mass is 35.5. The number of anilines is 2. The van der Waals surface area contributed by atoms with Crippen molar-refractivity contribution in [2.24, 2.45) is 0 Å². The number of hydrogen-bond acceptors (Lipinski definition) is 6. The zero-order valence-electron chi connectivity index (χ0n) is 20.2. The van der Waals surface area contributed by atoms with Gasteiger partial charge in [-0.2, -0.15) is 13.2 Å². The molecule has 2 N–H and O–H groups in total. The van der Waals surface area contributed by atoms with Crippen LogP contribution in [0.15, 0.2) is 65.6 Å². The zero-order valence-corrected chi connectivity index (χ0v) is 21.8. The van der Waals surface area contributed by atoms with Crippen molar-refractivity contribution in [2.75, 3.05) is 31.4 Å². The second kappa shape index (κ2) is 11.7. The van der Waals surface area contributed by atoms with Crippen LogP contribution >= 0.6 is 11.6 Å². The summed E-state index contributed by atoms with van der Waals surface area (Å²) in [6.07, 6.45) is -2.01. The first-order valence-electron chi connectivity index (χ1n) is 10.7. The molecule has 8 nitrogen and oxygen atoms in total. The van der Waals surface area contributed by atoms with E-state index in [2.05, 4.69) is 10.0 Å². The number of ether oxygens (including phenoxy) is 3. The number of halogens is 4. The van der Waals surface area contributed by atoms with Crippen LogP contribution in [0.2, 0.25) is 5.02 Å². The summed E-state index contributed by atoms with van der Waals surface area (Å²) in [5, 5.41) is 2.03. The van der Waals surface area contributed by atoms with E-state index in [4.69, 9.17) is 25.8 Å². The standard InChI is InChI=1S/C25H22ClF3N2O6S/c1-35-21-12-4-15(23(36-2)24(21)37-3)5-13-22(32)30-16-6-9-18(10-7-16)38(33,34)31-17-8-11-20(26)19(14-17)25(27,28)29/h4-14,31H,1-3H3,(H,30,32). The van der Waals surface area contributed by atoms with Gasteiger partial charge >= 0.3 is 6.18 Å². The molecule has 38 heavy (non-hydrogen) atoms. The van der Waals surface area contributed by atoms with Crippen molar-refractivity contribution < 1.29 is 40.6 Å². The molecule has 0 bridgehead atoms. The summed E-state index contributed by atoms with van der Waals surface area (Å²) < 4.78 is 82.5. The Hall–Kier alpha value is -3.90. The van der Waals surface area contributed by atoms with Gasteiger partial charge in [0.1, 0.15) is 0 Å². The smallest absolute Gasteiger partial charge is 0.417 e. The highest BCUT2D eigenvalue weighted by molar-refractivity contribution is 7.92. The van der Waals surface area contributed by atoms with Gasteiger partial charge in [-0.05, 0) is 60.7 Å². The second-order valence-corrected chi connectivity index (χ2v) is 9.66. The predicted molar refractivity (Wildman–Crippen MR) is 137 cm³/mol. The Bertz CT molecular complexity index is 1460. The molecule has 0 unspecified atom stereocenters. The monoisotopic (exact) mass is 570 g/mol. The van der Waals surface area contributed by atoms with Crippen LogP contribution in [0.5, 0.6) is 17.2 Å². The Balaban J connectivity index is 1.72. The first-order chi connectivity index (χ1) is 17.9. The Morgan fingerprint density at radius 1 is 0.895 bits per heavy atom. The number of methoxy groups -OCH3 is 3. The number of carbonyl (C=O) groups is 1. The van der Waals surface area contributed by atoms with Gasteiger partial charge < -0.3 is 19.5 Å². The third-order valence-corrected chi connectivity index (χ3v) is 6.83. The van der Waals surface area contributed by atoms with E-state index in [0.717, 1.165) is 12.1 Å².